The van der Waals surface area contributed by atoms with E-state index < -0.39 is 0 Å². The van der Waals surface area contributed by atoms with Gasteiger partial charge in [-0.3, -0.25) is 10.1 Å². The average Bonchev–Trinajstić information content (AvgIpc) is 2.80. The van der Waals surface area contributed by atoms with Gasteiger partial charge in [0.1, 0.15) is 0 Å². The number of carbonyl (C=O) groups excluding carboxylic acids is 1. The number of hydrogen-bond acceptors (Lipinski definition) is 3. The fraction of sp³-hybridized carbons (Fsp3) is 0.0667. The van der Waals surface area contributed by atoms with Crippen molar-refractivity contribution < 1.29 is 4.79 Å². The molecule has 0 aliphatic carbocycles. The molecule has 3 nitrogen and oxygen atoms in total. The minimum Gasteiger partial charge on any atom is -0.298 e. The second kappa shape index (κ2) is 5.23. The molecule has 1 aromatic heterocycles. The molecule has 0 aliphatic heterocycles. The Balaban J connectivity index is 1.87. The Labute approximate surface area is 125 Å². The van der Waals surface area contributed by atoms with E-state index in [4.69, 9.17) is 11.6 Å². The number of hydrogen-bond donors (Lipinski definition) is 1. The highest BCUT2D eigenvalue weighted by Gasteiger charge is 2.10. The van der Waals surface area contributed by atoms with Crippen LogP contribution in [0, 0.1) is 6.92 Å². The third kappa shape index (κ3) is 2.66. The SMILES string of the molecule is Cc1cccc(C(=O)Nc2nc3ccc(Cl)cc3s2)c1. The van der Waals surface area contributed by atoms with Gasteiger partial charge in [0.15, 0.2) is 5.13 Å². The van der Waals surface area contributed by atoms with Crippen molar-refractivity contribution in [3.8, 4) is 0 Å². The van der Waals surface area contributed by atoms with E-state index in [0.29, 0.717) is 15.7 Å². The molecule has 0 atom stereocenters. The van der Waals surface area contributed by atoms with Crippen molar-refractivity contribution in [1.29, 1.82) is 0 Å². The van der Waals surface area contributed by atoms with E-state index in [1.165, 1.54) is 11.3 Å². The molecule has 3 rings (SSSR count). The average molecular weight is 303 g/mol. The maximum Gasteiger partial charge on any atom is 0.257 e. The second-order valence-electron chi connectivity index (χ2n) is 4.45. The number of nitrogens with one attached hydrogen (secondary N) is 1. The lowest BCUT2D eigenvalue weighted by Gasteiger charge is -2.02. The van der Waals surface area contributed by atoms with Crippen molar-refractivity contribution in [2.24, 2.45) is 0 Å². The van der Waals surface area contributed by atoms with Gasteiger partial charge in [0, 0.05) is 10.6 Å². The van der Waals surface area contributed by atoms with Crippen molar-refractivity contribution in [1.82, 2.24) is 4.98 Å². The predicted molar refractivity (Wildman–Crippen MR) is 83.8 cm³/mol. The molecule has 5 heteroatoms. The van der Waals surface area contributed by atoms with E-state index in [9.17, 15) is 4.79 Å². The highest BCUT2D eigenvalue weighted by molar-refractivity contribution is 7.22. The lowest BCUT2D eigenvalue weighted by molar-refractivity contribution is 0.102. The Bertz CT molecular complexity index is 797. The van der Waals surface area contributed by atoms with Gasteiger partial charge in [-0.05, 0) is 37.3 Å². The van der Waals surface area contributed by atoms with Crippen LogP contribution in [-0.2, 0) is 0 Å². The molecule has 0 spiro atoms. The third-order valence-electron chi connectivity index (χ3n) is 2.85. The van der Waals surface area contributed by atoms with Crippen LogP contribution in [0.3, 0.4) is 0 Å². The standard InChI is InChI=1S/C15H11ClN2OS/c1-9-3-2-4-10(7-9)14(19)18-15-17-12-6-5-11(16)8-13(12)20-15/h2-8H,1H3,(H,17,18,19). The van der Waals surface area contributed by atoms with Gasteiger partial charge in [0.05, 0.1) is 10.2 Å². The Morgan fingerprint density at radius 3 is 2.90 bits per heavy atom. The summed E-state index contributed by atoms with van der Waals surface area (Å²) in [5.41, 5.74) is 2.51. The molecule has 100 valence electrons. The lowest BCUT2D eigenvalue weighted by Crippen LogP contribution is -2.11. The molecule has 1 N–H and O–H groups in total. The first kappa shape index (κ1) is 13.1. The zero-order valence-corrected chi connectivity index (χ0v) is 12.3. The molecular weight excluding hydrogens is 292 g/mol. The maximum atomic E-state index is 12.1. The summed E-state index contributed by atoms with van der Waals surface area (Å²) in [6.45, 7) is 1.95. The summed E-state index contributed by atoms with van der Waals surface area (Å²) in [7, 11) is 0. The number of anilines is 1. The van der Waals surface area contributed by atoms with Gasteiger partial charge in [-0.1, -0.05) is 40.6 Å². The van der Waals surface area contributed by atoms with Gasteiger partial charge in [0.2, 0.25) is 0 Å². The Hall–Kier alpha value is -1.91. The zero-order chi connectivity index (χ0) is 14.1. The van der Waals surface area contributed by atoms with E-state index in [1.807, 2.05) is 37.3 Å². The predicted octanol–water partition coefficient (Wildman–Crippen LogP) is 4.51. The van der Waals surface area contributed by atoms with E-state index in [2.05, 4.69) is 10.3 Å². The quantitative estimate of drug-likeness (QED) is 0.756. The highest BCUT2D eigenvalue weighted by atomic mass is 35.5. The number of aryl methyl sites for hydroxylation is 1. The molecule has 0 saturated carbocycles. The fourth-order valence-electron chi connectivity index (χ4n) is 1.91. The summed E-state index contributed by atoms with van der Waals surface area (Å²) in [5.74, 6) is -0.154. The minimum atomic E-state index is -0.154. The van der Waals surface area contributed by atoms with Crippen molar-refractivity contribution in [3.05, 3.63) is 58.6 Å². The Morgan fingerprint density at radius 1 is 1.25 bits per heavy atom. The van der Waals surface area contributed by atoms with Crippen LogP contribution in [0.25, 0.3) is 10.2 Å². The van der Waals surface area contributed by atoms with Crippen LogP contribution in [-0.4, -0.2) is 10.9 Å². The molecule has 1 heterocycles. The Morgan fingerprint density at radius 2 is 2.10 bits per heavy atom. The molecule has 0 fully saturated rings. The van der Waals surface area contributed by atoms with Crippen LogP contribution in [0.4, 0.5) is 5.13 Å². The number of halogens is 1. The lowest BCUT2D eigenvalue weighted by atomic mass is 10.1. The number of thiazole rings is 1. The van der Waals surface area contributed by atoms with E-state index >= 15 is 0 Å². The number of nitrogens with zero attached hydrogens (tertiary/aromatic N) is 1. The third-order valence-corrected chi connectivity index (χ3v) is 4.02. The van der Waals surface area contributed by atoms with E-state index in [1.54, 1.807) is 12.1 Å². The summed E-state index contributed by atoms with van der Waals surface area (Å²) in [4.78, 5) is 16.5. The summed E-state index contributed by atoms with van der Waals surface area (Å²) < 4.78 is 0.956. The molecule has 0 radical (unpaired) electrons. The monoisotopic (exact) mass is 302 g/mol. The number of rotatable bonds is 2. The molecule has 2 aromatic carbocycles. The first-order valence-corrected chi connectivity index (χ1v) is 7.25. The van der Waals surface area contributed by atoms with Crippen molar-refractivity contribution >= 4 is 44.2 Å². The molecule has 1 amide bonds. The van der Waals surface area contributed by atoms with Gasteiger partial charge in [-0.2, -0.15) is 0 Å². The molecule has 0 bridgehead atoms. The molecule has 0 unspecified atom stereocenters. The van der Waals surface area contributed by atoms with Gasteiger partial charge < -0.3 is 0 Å². The topological polar surface area (TPSA) is 42.0 Å². The van der Waals surface area contributed by atoms with Crippen molar-refractivity contribution in [2.45, 2.75) is 6.92 Å². The summed E-state index contributed by atoms with van der Waals surface area (Å²) in [5, 5.41) is 4.06. The molecule has 3 aromatic rings. The van der Waals surface area contributed by atoms with Gasteiger partial charge >= 0.3 is 0 Å². The molecule has 0 saturated heterocycles. The zero-order valence-electron chi connectivity index (χ0n) is 10.7. The smallest absolute Gasteiger partial charge is 0.257 e. The normalized spacial score (nSPS) is 10.7. The molecular formula is C15H11ClN2OS. The van der Waals surface area contributed by atoms with E-state index in [0.717, 1.165) is 15.8 Å². The van der Waals surface area contributed by atoms with Crippen molar-refractivity contribution in [3.63, 3.8) is 0 Å². The number of aromatic nitrogens is 1. The molecule has 20 heavy (non-hydrogen) atoms. The van der Waals surface area contributed by atoms with Gasteiger partial charge in [-0.25, -0.2) is 4.98 Å². The van der Waals surface area contributed by atoms with Crippen molar-refractivity contribution in [2.75, 3.05) is 5.32 Å². The fourth-order valence-corrected chi connectivity index (χ4v) is 3.04. The highest BCUT2D eigenvalue weighted by Crippen LogP contribution is 2.28. The van der Waals surface area contributed by atoms with Crippen LogP contribution in [0.15, 0.2) is 42.5 Å². The van der Waals surface area contributed by atoms with Crippen LogP contribution < -0.4 is 5.32 Å². The first-order valence-electron chi connectivity index (χ1n) is 6.06. The van der Waals surface area contributed by atoms with Crippen LogP contribution in [0.5, 0.6) is 0 Å². The molecule has 0 aliphatic rings. The number of amides is 1. The summed E-state index contributed by atoms with van der Waals surface area (Å²) in [6.07, 6.45) is 0. The minimum absolute atomic E-state index is 0.154. The van der Waals surface area contributed by atoms with E-state index in [-0.39, 0.29) is 5.91 Å². The Kier molecular flexibility index (Phi) is 3.42. The first-order chi connectivity index (χ1) is 9.61. The van der Waals surface area contributed by atoms with Gasteiger partial charge in [0.25, 0.3) is 5.91 Å². The van der Waals surface area contributed by atoms with Crippen LogP contribution in [0.1, 0.15) is 15.9 Å². The number of carbonyl (C=O) groups is 1. The number of fused-ring (bicyclic) bond motifs is 1. The summed E-state index contributed by atoms with van der Waals surface area (Å²) in [6, 6.07) is 12.9. The number of benzene rings is 2. The van der Waals surface area contributed by atoms with Crippen LogP contribution >= 0.6 is 22.9 Å². The van der Waals surface area contributed by atoms with Gasteiger partial charge in [-0.15, -0.1) is 0 Å². The second-order valence-corrected chi connectivity index (χ2v) is 5.92. The van der Waals surface area contributed by atoms with Crippen LogP contribution in [0.2, 0.25) is 5.02 Å². The largest absolute Gasteiger partial charge is 0.298 e. The summed E-state index contributed by atoms with van der Waals surface area (Å²) >= 11 is 7.35. The maximum absolute atomic E-state index is 12.1.